The SMILES string of the molecule is CN(C)c1ccc(C(=O)N2CCC[C@H](Cn3ccnn3)C2)cc1. The number of rotatable bonds is 4. The van der Waals surface area contributed by atoms with Crippen LogP contribution >= 0.6 is 0 Å². The number of amides is 1. The molecule has 0 aliphatic carbocycles. The molecular formula is C17H23N5O. The molecule has 3 rings (SSSR count). The van der Waals surface area contributed by atoms with E-state index in [0.717, 1.165) is 43.7 Å². The topological polar surface area (TPSA) is 54.3 Å². The summed E-state index contributed by atoms with van der Waals surface area (Å²) in [5.74, 6) is 0.564. The average Bonchev–Trinajstić information content (AvgIpc) is 3.07. The molecule has 1 aliphatic heterocycles. The first-order chi connectivity index (χ1) is 11.1. The number of piperidine rings is 1. The lowest BCUT2D eigenvalue weighted by Gasteiger charge is -2.32. The quantitative estimate of drug-likeness (QED) is 0.865. The number of anilines is 1. The predicted molar refractivity (Wildman–Crippen MR) is 89.4 cm³/mol. The van der Waals surface area contributed by atoms with Gasteiger partial charge in [0.05, 0.1) is 6.20 Å². The van der Waals surface area contributed by atoms with E-state index in [1.807, 2.05) is 59.0 Å². The number of hydrogen-bond acceptors (Lipinski definition) is 4. The van der Waals surface area contributed by atoms with Gasteiger partial charge in [0.25, 0.3) is 5.91 Å². The molecule has 0 radical (unpaired) electrons. The van der Waals surface area contributed by atoms with Gasteiger partial charge >= 0.3 is 0 Å². The van der Waals surface area contributed by atoms with Gasteiger partial charge in [0.2, 0.25) is 0 Å². The molecule has 0 unspecified atom stereocenters. The fourth-order valence-electron chi connectivity index (χ4n) is 3.08. The standard InChI is InChI=1S/C17H23N5O/c1-20(2)16-7-5-15(6-8-16)17(23)21-10-3-4-14(12-21)13-22-11-9-18-19-22/h5-9,11,14H,3-4,10,12-13H2,1-2H3/t14-/m0/s1. The van der Waals surface area contributed by atoms with Gasteiger partial charge in [0.1, 0.15) is 0 Å². The normalized spacial score (nSPS) is 18.0. The van der Waals surface area contributed by atoms with E-state index in [0.29, 0.717) is 5.92 Å². The summed E-state index contributed by atoms with van der Waals surface area (Å²) in [6.45, 7) is 2.44. The molecule has 0 bridgehead atoms. The number of carbonyl (C=O) groups excluding carboxylic acids is 1. The fraction of sp³-hybridized carbons (Fsp3) is 0.471. The Morgan fingerprint density at radius 3 is 2.74 bits per heavy atom. The Balaban J connectivity index is 1.64. The van der Waals surface area contributed by atoms with Crippen molar-refractivity contribution in [3.05, 3.63) is 42.2 Å². The van der Waals surface area contributed by atoms with E-state index in [9.17, 15) is 4.79 Å². The minimum Gasteiger partial charge on any atom is -0.378 e. The third-order valence-electron chi connectivity index (χ3n) is 4.35. The molecule has 6 nitrogen and oxygen atoms in total. The largest absolute Gasteiger partial charge is 0.378 e. The summed E-state index contributed by atoms with van der Waals surface area (Å²) in [6, 6.07) is 7.81. The molecular weight excluding hydrogens is 290 g/mol. The molecule has 1 fully saturated rings. The van der Waals surface area contributed by atoms with E-state index in [4.69, 9.17) is 0 Å². The molecule has 1 aromatic heterocycles. The Morgan fingerprint density at radius 2 is 2.09 bits per heavy atom. The summed E-state index contributed by atoms with van der Waals surface area (Å²) in [5.41, 5.74) is 1.86. The Hall–Kier alpha value is -2.37. The van der Waals surface area contributed by atoms with Crippen molar-refractivity contribution in [3.8, 4) is 0 Å². The van der Waals surface area contributed by atoms with Crippen molar-refractivity contribution in [1.29, 1.82) is 0 Å². The summed E-state index contributed by atoms with van der Waals surface area (Å²) in [6.07, 6.45) is 5.74. The molecule has 1 aliphatic rings. The van der Waals surface area contributed by atoms with Crippen LogP contribution in [0.1, 0.15) is 23.2 Å². The molecule has 122 valence electrons. The Kier molecular flexibility index (Phi) is 4.60. The van der Waals surface area contributed by atoms with Crippen molar-refractivity contribution in [1.82, 2.24) is 19.9 Å². The molecule has 0 spiro atoms. The molecule has 1 atom stereocenters. The minimum absolute atomic E-state index is 0.124. The molecule has 1 aromatic carbocycles. The van der Waals surface area contributed by atoms with Crippen molar-refractivity contribution in [2.75, 3.05) is 32.1 Å². The molecule has 6 heteroatoms. The van der Waals surface area contributed by atoms with Crippen LogP contribution in [0.4, 0.5) is 5.69 Å². The number of likely N-dealkylation sites (tertiary alicyclic amines) is 1. The molecule has 0 saturated carbocycles. The van der Waals surface area contributed by atoms with Crippen molar-refractivity contribution in [2.45, 2.75) is 19.4 Å². The first-order valence-electron chi connectivity index (χ1n) is 8.04. The van der Waals surface area contributed by atoms with Gasteiger partial charge in [-0.3, -0.25) is 9.48 Å². The first kappa shape index (κ1) is 15.5. The first-order valence-corrected chi connectivity index (χ1v) is 8.04. The highest BCUT2D eigenvalue weighted by atomic mass is 16.2. The lowest BCUT2D eigenvalue weighted by atomic mass is 9.97. The van der Waals surface area contributed by atoms with Gasteiger partial charge in [-0.25, -0.2) is 0 Å². The van der Waals surface area contributed by atoms with E-state index in [-0.39, 0.29) is 5.91 Å². The fourth-order valence-corrected chi connectivity index (χ4v) is 3.08. The summed E-state index contributed by atoms with van der Waals surface area (Å²) in [7, 11) is 3.99. The summed E-state index contributed by atoms with van der Waals surface area (Å²) >= 11 is 0. The van der Waals surface area contributed by atoms with Crippen molar-refractivity contribution < 1.29 is 4.79 Å². The van der Waals surface area contributed by atoms with E-state index >= 15 is 0 Å². The maximum Gasteiger partial charge on any atom is 0.253 e. The van der Waals surface area contributed by atoms with Gasteiger partial charge < -0.3 is 9.80 Å². The summed E-state index contributed by atoms with van der Waals surface area (Å²) < 4.78 is 1.85. The highest BCUT2D eigenvalue weighted by molar-refractivity contribution is 5.94. The minimum atomic E-state index is 0.124. The van der Waals surface area contributed by atoms with Crippen LogP contribution in [0.5, 0.6) is 0 Å². The predicted octanol–water partition coefficient (Wildman–Crippen LogP) is 1.90. The van der Waals surface area contributed by atoms with Crippen LogP contribution in [0.3, 0.4) is 0 Å². The molecule has 1 saturated heterocycles. The van der Waals surface area contributed by atoms with Crippen molar-refractivity contribution in [3.63, 3.8) is 0 Å². The van der Waals surface area contributed by atoms with Crippen molar-refractivity contribution in [2.24, 2.45) is 5.92 Å². The molecule has 23 heavy (non-hydrogen) atoms. The lowest BCUT2D eigenvalue weighted by Crippen LogP contribution is -2.41. The molecule has 1 amide bonds. The summed E-state index contributed by atoms with van der Waals surface area (Å²) in [4.78, 5) is 16.7. The van der Waals surface area contributed by atoms with Crippen molar-refractivity contribution >= 4 is 11.6 Å². The zero-order valence-corrected chi connectivity index (χ0v) is 13.7. The van der Waals surface area contributed by atoms with Gasteiger partial charge in [-0.05, 0) is 43.0 Å². The monoisotopic (exact) mass is 313 g/mol. The van der Waals surface area contributed by atoms with Crippen LogP contribution in [-0.4, -0.2) is 53.0 Å². The maximum atomic E-state index is 12.7. The van der Waals surface area contributed by atoms with Gasteiger partial charge in [-0.2, -0.15) is 0 Å². The number of hydrogen-bond donors (Lipinski definition) is 0. The molecule has 2 heterocycles. The van der Waals surface area contributed by atoms with Crippen LogP contribution in [-0.2, 0) is 6.54 Å². The molecule has 2 aromatic rings. The average molecular weight is 313 g/mol. The smallest absolute Gasteiger partial charge is 0.253 e. The number of aromatic nitrogens is 3. The van der Waals surface area contributed by atoms with E-state index in [1.54, 1.807) is 6.20 Å². The van der Waals surface area contributed by atoms with Gasteiger partial charge in [-0.15, -0.1) is 5.10 Å². The zero-order valence-electron chi connectivity index (χ0n) is 13.7. The maximum absolute atomic E-state index is 12.7. The highest BCUT2D eigenvalue weighted by Crippen LogP contribution is 2.21. The van der Waals surface area contributed by atoms with Crippen LogP contribution in [0.15, 0.2) is 36.7 Å². The van der Waals surface area contributed by atoms with Crippen LogP contribution < -0.4 is 4.90 Å². The van der Waals surface area contributed by atoms with Crippen LogP contribution in [0.25, 0.3) is 0 Å². The number of nitrogens with zero attached hydrogens (tertiary/aromatic N) is 5. The van der Waals surface area contributed by atoms with Crippen LogP contribution in [0, 0.1) is 5.92 Å². The number of benzene rings is 1. The lowest BCUT2D eigenvalue weighted by molar-refractivity contribution is 0.0659. The van der Waals surface area contributed by atoms with Gasteiger partial charge in [0, 0.05) is 51.2 Å². The van der Waals surface area contributed by atoms with Gasteiger partial charge in [0.15, 0.2) is 0 Å². The zero-order chi connectivity index (χ0) is 16.2. The number of carbonyl (C=O) groups is 1. The van der Waals surface area contributed by atoms with Gasteiger partial charge in [-0.1, -0.05) is 5.21 Å². The van der Waals surface area contributed by atoms with E-state index in [2.05, 4.69) is 10.3 Å². The second-order valence-corrected chi connectivity index (χ2v) is 6.33. The Labute approximate surface area is 136 Å². The third-order valence-corrected chi connectivity index (χ3v) is 4.35. The Morgan fingerprint density at radius 1 is 1.30 bits per heavy atom. The van der Waals surface area contributed by atoms with E-state index < -0.39 is 0 Å². The highest BCUT2D eigenvalue weighted by Gasteiger charge is 2.24. The third kappa shape index (κ3) is 3.70. The van der Waals surface area contributed by atoms with E-state index in [1.165, 1.54) is 0 Å². The Bertz CT molecular complexity index is 636. The second-order valence-electron chi connectivity index (χ2n) is 6.33. The molecule has 0 N–H and O–H groups in total. The second kappa shape index (κ2) is 6.81. The van der Waals surface area contributed by atoms with Crippen LogP contribution in [0.2, 0.25) is 0 Å². The summed E-state index contributed by atoms with van der Waals surface area (Å²) in [5, 5.41) is 7.86.